The van der Waals surface area contributed by atoms with Gasteiger partial charge in [-0.15, -0.1) is 10.2 Å². The second-order valence-electron chi connectivity index (χ2n) is 7.29. The molecule has 1 fully saturated rings. The average molecular weight is 440 g/mol. The highest BCUT2D eigenvalue weighted by molar-refractivity contribution is 5.94. The Morgan fingerprint density at radius 3 is 2.45 bits per heavy atom. The summed E-state index contributed by atoms with van der Waals surface area (Å²) in [5.41, 5.74) is -1.86. The number of carbonyl (C=O) groups is 2. The molecule has 0 atom stereocenters. The highest BCUT2D eigenvalue weighted by atomic mass is 19.4. The third-order valence-electron chi connectivity index (χ3n) is 4.59. The van der Waals surface area contributed by atoms with Gasteiger partial charge in [0.15, 0.2) is 0 Å². The summed E-state index contributed by atoms with van der Waals surface area (Å²) in [4.78, 5) is 25.7. The standard InChI is InChI=1S/C20H20F4N4O3/c1-13-26-27-17(31-13)11-28(12-19(21)8-9-19)18(30)10-25-16(29)7-4-14-2-5-15(6-3-14)20(22,23)24/h2-7H,8-12H2,1H3,(H,25,29)/b7-4+. The Hall–Kier alpha value is -3.24. The first kappa shape index (κ1) is 22.4. The van der Waals surface area contributed by atoms with Crippen LogP contribution in [0.1, 0.15) is 35.7 Å². The number of alkyl halides is 4. The second kappa shape index (κ2) is 8.86. The lowest BCUT2D eigenvalue weighted by Crippen LogP contribution is -2.42. The fraction of sp³-hybridized carbons (Fsp3) is 0.400. The maximum atomic E-state index is 14.2. The SMILES string of the molecule is Cc1nnc(CN(CC2(F)CC2)C(=O)CNC(=O)/C=C/c2ccc(C(F)(F)F)cc2)o1. The van der Waals surface area contributed by atoms with Gasteiger partial charge in [-0.2, -0.15) is 13.2 Å². The van der Waals surface area contributed by atoms with Crippen LogP contribution in [0.25, 0.3) is 6.08 Å². The largest absolute Gasteiger partial charge is 0.424 e. The Kier molecular flexibility index (Phi) is 6.42. The van der Waals surface area contributed by atoms with Crippen LogP contribution in [-0.4, -0.2) is 45.7 Å². The van der Waals surface area contributed by atoms with E-state index < -0.39 is 29.2 Å². The summed E-state index contributed by atoms with van der Waals surface area (Å²) in [7, 11) is 0. The van der Waals surface area contributed by atoms with E-state index in [1.807, 2.05) is 0 Å². The van der Waals surface area contributed by atoms with Crippen LogP contribution in [-0.2, 0) is 22.3 Å². The van der Waals surface area contributed by atoms with Crippen molar-refractivity contribution in [3.63, 3.8) is 0 Å². The molecule has 0 bridgehead atoms. The molecular weight excluding hydrogens is 420 g/mol. The van der Waals surface area contributed by atoms with Crippen LogP contribution < -0.4 is 5.32 Å². The lowest BCUT2D eigenvalue weighted by Gasteiger charge is -2.23. The Morgan fingerprint density at radius 2 is 1.90 bits per heavy atom. The number of rotatable bonds is 8. The lowest BCUT2D eigenvalue weighted by molar-refractivity contribution is -0.137. The van der Waals surface area contributed by atoms with Crippen LogP contribution in [0, 0.1) is 6.92 Å². The van der Waals surface area contributed by atoms with Crippen molar-refractivity contribution >= 4 is 17.9 Å². The second-order valence-corrected chi connectivity index (χ2v) is 7.29. The van der Waals surface area contributed by atoms with Crippen molar-refractivity contribution in [1.29, 1.82) is 0 Å². The maximum absolute atomic E-state index is 14.2. The topological polar surface area (TPSA) is 88.3 Å². The fourth-order valence-electron chi connectivity index (χ4n) is 2.72. The number of carbonyl (C=O) groups excluding carboxylic acids is 2. The van der Waals surface area contributed by atoms with Crippen LogP contribution in [0.5, 0.6) is 0 Å². The van der Waals surface area contributed by atoms with Gasteiger partial charge in [0, 0.05) is 13.0 Å². The monoisotopic (exact) mass is 440 g/mol. The summed E-state index contributed by atoms with van der Waals surface area (Å²) >= 11 is 0. The van der Waals surface area contributed by atoms with E-state index in [9.17, 15) is 27.2 Å². The van der Waals surface area contributed by atoms with Gasteiger partial charge in [-0.05, 0) is 36.6 Å². The molecule has 1 aromatic heterocycles. The van der Waals surface area contributed by atoms with E-state index in [4.69, 9.17) is 4.42 Å². The predicted octanol–water partition coefficient (Wildman–Crippen LogP) is 3.06. The van der Waals surface area contributed by atoms with Gasteiger partial charge in [0.1, 0.15) is 5.67 Å². The van der Waals surface area contributed by atoms with Crippen molar-refractivity contribution in [3.05, 3.63) is 53.2 Å². The first-order valence-electron chi connectivity index (χ1n) is 9.43. The van der Waals surface area contributed by atoms with Gasteiger partial charge in [0.2, 0.25) is 23.6 Å². The molecule has 0 saturated heterocycles. The van der Waals surface area contributed by atoms with E-state index in [0.717, 1.165) is 18.2 Å². The fourth-order valence-corrected chi connectivity index (χ4v) is 2.72. The number of amides is 2. The zero-order chi connectivity index (χ0) is 22.6. The minimum atomic E-state index is -4.44. The molecule has 11 heteroatoms. The Bertz CT molecular complexity index is 966. The summed E-state index contributed by atoms with van der Waals surface area (Å²) in [5.74, 6) is -0.687. The molecule has 0 unspecified atom stereocenters. The van der Waals surface area contributed by atoms with E-state index in [1.54, 1.807) is 6.92 Å². The average Bonchev–Trinajstić information content (AvgIpc) is 3.29. The minimum absolute atomic E-state index is 0.0807. The number of nitrogens with zero attached hydrogens (tertiary/aromatic N) is 3. The van der Waals surface area contributed by atoms with Crippen molar-refractivity contribution in [1.82, 2.24) is 20.4 Å². The smallest absolute Gasteiger partial charge is 0.416 e. The van der Waals surface area contributed by atoms with Crippen molar-refractivity contribution < 1.29 is 31.6 Å². The number of aryl methyl sites for hydroxylation is 1. The van der Waals surface area contributed by atoms with E-state index >= 15 is 0 Å². The molecule has 1 aromatic carbocycles. The molecule has 166 valence electrons. The first-order chi connectivity index (χ1) is 14.5. The van der Waals surface area contributed by atoms with E-state index in [2.05, 4.69) is 15.5 Å². The van der Waals surface area contributed by atoms with Crippen molar-refractivity contribution in [2.75, 3.05) is 13.1 Å². The van der Waals surface area contributed by atoms with Gasteiger partial charge in [-0.25, -0.2) is 4.39 Å². The predicted molar refractivity (Wildman–Crippen MR) is 101 cm³/mol. The highest BCUT2D eigenvalue weighted by Crippen LogP contribution is 2.40. The van der Waals surface area contributed by atoms with Gasteiger partial charge in [0.05, 0.1) is 25.2 Å². The molecule has 1 aliphatic carbocycles. The molecule has 0 aliphatic heterocycles. The number of benzene rings is 1. The molecular formula is C20H20F4N4O3. The van der Waals surface area contributed by atoms with Crippen molar-refractivity contribution in [2.45, 2.75) is 38.2 Å². The summed E-state index contributed by atoms with van der Waals surface area (Å²) in [5, 5.41) is 9.84. The minimum Gasteiger partial charge on any atom is -0.424 e. The van der Waals surface area contributed by atoms with Crippen LogP contribution >= 0.6 is 0 Å². The Morgan fingerprint density at radius 1 is 1.23 bits per heavy atom. The van der Waals surface area contributed by atoms with Gasteiger partial charge in [-0.3, -0.25) is 9.59 Å². The molecule has 1 N–H and O–H groups in total. The van der Waals surface area contributed by atoms with E-state index in [1.165, 1.54) is 23.1 Å². The third kappa shape index (κ3) is 6.63. The normalized spacial score (nSPS) is 15.1. The zero-order valence-corrected chi connectivity index (χ0v) is 16.6. The molecule has 0 spiro atoms. The highest BCUT2D eigenvalue weighted by Gasteiger charge is 2.45. The zero-order valence-electron chi connectivity index (χ0n) is 16.6. The van der Waals surface area contributed by atoms with Gasteiger partial charge < -0.3 is 14.6 Å². The Balaban J connectivity index is 1.54. The van der Waals surface area contributed by atoms with E-state index in [-0.39, 0.29) is 25.5 Å². The Labute approximate surface area is 175 Å². The van der Waals surface area contributed by atoms with Crippen LogP contribution in [0.4, 0.5) is 17.6 Å². The molecule has 3 rings (SSSR count). The molecule has 2 amide bonds. The number of hydrogen-bond acceptors (Lipinski definition) is 5. The molecule has 7 nitrogen and oxygen atoms in total. The van der Waals surface area contributed by atoms with E-state index in [0.29, 0.717) is 24.3 Å². The third-order valence-corrected chi connectivity index (χ3v) is 4.59. The first-order valence-corrected chi connectivity index (χ1v) is 9.43. The quantitative estimate of drug-likeness (QED) is 0.504. The lowest BCUT2D eigenvalue weighted by atomic mass is 10.1. The number of hydrogen-bond donors (Lipinski definition) is 1. The van der Waals surface area contributed by atoms with Gasteiger partial charge >= 0.3 is 6.18 Å². The molecule has 1 heterocycles. The molecule has 1 aliphatic rings. The summed E-state index contributed by atoms with van der Waals surface area (Å²) in [6, 6.07) is 4.26. The van der Waals surface area contributed by atoms with Crippen LogP contribution in [0.3, 0.4) is 0 Å². The number of halogens is 4. The van der Waals surface area contributed by atoms with Crippen molar-refractivity contribution in [3.8, 4) is 0 Å². The maximum Gasteiger partial charge on any atom is 0.416 e. The van der Waals surface area contributed by atoms with Crippen LogP contribution in [0.2, 0.25) is 0 Å². The molecule has 2 aromatic rings. The molecule has 1 saturated carbocycles. The molecule has 31 heavy (non-hydrogen) atoms. The van der Waals surface area contributed by atoms with Gasteiger partial charge in [-0.1, -0.05) is 12.1 Å². The number of nitrogens with one attached hydrogen (secondary N) is 1. The number of aromatic nitrogens is 2. The van der Waals surface area contributed by atoms with Crippen LogP contribution in [0.15, 0.2) is 34.8 Å². The molecule has 0 radical (unpaired) electrons. The van der Waals surface area contributed by atoms with Crippen molar-refractivity contribution in [2.24, 2.45) is 0 Å². The summed E-state index contributed by atoms with van der Waals surface area (Å²) < 4.78 is 57.1. The summed E-state index contributed by atoms with van der Waals surface area (Å²) in [6.07, 6.45) is -1.33. The summed E-state index contributed by atoms with van der Waals surface area (Å²) in [6.45, 7) is 0.968. The van der Waals surface area contributed by atoms with Gasteiger partial charge in [0.25, 0.3) is 0 Å².